The van der Waals surface area contributed by atoms with Crippen LogP contribution in [0.4, 0.5) is 21.5 Å². The van der Waals surface area contributed by atoms with Crippen LogP contribution in [0.3, 0.4) is 0 Å². The Kier molecular flexibility index (Phi) is 6.65. The number of hydrogen-bond donors (Lipinski definition) is 2. The van der Waals surface area contributed by atoms with E-state index < -0.39 is 5.82 Å². The predicted molar refractivity (Wildman–Crippen MR) is 127 cm³/mol. The Bertz CT molecular complexity index is 1300. The molecule has 3 N–H and O–H groups in total. The maximum Gasteiger partial charge on any atom is 0.261 e. The number of aryl methyl sites for hydroxylation is 2. The highest BCUT2D eigenvalue weighted by Crippen LogP contribution is 2.35. The molecule has 0 spiro atoms. The van der Waals surface area contributed by atoms with E-state index in [0.717, 1.165) is 5.56 Å². The molecule has 0 amide bonds. The normalized spacial score (nSPS) is 10.6. The summed E-state index contributed by atoms with van der Waals surface area (Å²) in [5.74, 6) is -0.471. The lowest BCUT2D eigenvalue weighted by atomic mass is 10.0. The second-order valence-corrected chi connectivity index (χ2v) is 7.20. The van der Waals surface area contributed by atoms with Crippen LogP contribution >= 0.6 is 11.6 Å². The SMILES string of the molecule is CC.CCn1cc2c(=O)n(C)cc(-c3cc(N)ccc3Nc3ccc(Cl)cc3F)c2n1. The first-order valence-electron chi connectivity index (χ1n) is 10.1. The third-order valence-electron chi connectivity index (χ3n) is 4.75. The summed E-state index contributed by atoms with van der Waals surface area (Å²) in [6.45, 7) is 6.59. The lowest BCUT2D eigenvalue weighted by Gasteiger charge is -2.15. The number of rotatable bonds is 4. The number of nitrogen functional groups attached to an aromatic ring is 1. The third kappa shape index (κ3) is 4.41. The van der Waals surface area contributed by atoms with E-state index in [1.54, 1.807) is 54.5 Å². The fourth-order valence-electron chi connectivity index (χ4n) is 3.27. The van der Waals surface area contributed by atoms with Gasteiger partial charge in [0.2, 0.25) is 0 Å². The molecule has 2 aromatic carbocycles. The molecule has 0 atom stereocenters. The molecular weight excluding hydrogens is 417 g/mol. The molecule has 2 aromatic heterocycles. The zero-order chi connectivity index (χ0) is 22.7. The fourth-order valence-corrected chi connectivity index (χ4v) is 3.43. The number of hydrogen-bond acceptors (Lipinski definition) is 4. The third-order valence-corrected chi connectivity index (χ3v) is 4.98. The number of aromatic nitrogens is 3. The van der Waals surface area contributed by atoms with Gasteiger partial charge in [-0.25, -0.2) is 4.39 Å². The molecule has 4 aromatic rings. The molecule has 0 fully saturated rings. The van der Waals surface area contributed by atoms with Gasteiger partial charge >= 0.3 is 0 Å². The molecule has 0 saturated carbocycles. The number of fused-ring (bicyclic) bond motifs is 1. The van der Waals surface area contributed by atoms with Crippen LogP contribution in [0, 0.1) is 5.82 Å². The van der Waals surface area contributed by atoms with E-state index in [-0.39, 0.29) is 11.2 Å². The fraction of sp³-hybridized carbons (Fsp3) is 0.217. The van der Waals surface area contributed by atoms with Crippen molar-refractivity contribution < 1.29 is 4.39 Å². The van der Waals surface area contributed by atoms with E-state index in [1.165, 1.54) is 10.6 Å². The smallest absolute Gasteiger partial charge is 0.261 e. The minimum absolute atomic E-state index is 0.134. The molecule has 4 rings (SSSR count). The summed E-state index contributed by atoms with van der Waals surface area (Å²) in [4.78, 5) is 12.6. The molecule has 0 aliphatic heterocycles. The van der Waals surface area contributed by atoms with Crippen LogP contribution < -0.4 is 16.6 Å². The largest absolute Gasteiger partial charge is 0.399 e. The number of pyridine rings is 1. The van der Waals surface area contributed by atoms with Crippen LogP contribution in [-0.4, -0.2) is 14.3 Å². The Balaban J connectivity index is 0.00000132. The zero-order valence-corrected chi connectivity index (χ0v) is 18.7. The molecule has 31 heavy (non-hydrogen) atoms. The average Bonchev–Trinajstić information content (AvgIpc) is 3.20. The number of nitrogens with two attached hydrogens (primary N) is 1. The number of halogens is 2. The lowest BCUT2D eigenvalue weighted by molar-refractivity contribution is 0.632. The Morgan fingerprint density at radius 1 is 1.10 bits per heavy atom. The summed E-state index contributed by atoms with van der Waals surface area (Å²) in [6.07, 6.45) is 3.45. The maximum atomic E-state index is 14.3. The van der Waals surface area contributed by atoms with Crippen LogP contribution in [0.1, 0.15) is 20.8 Å². The Labute approximate surface area is 185 Å². The monoisotopic (exact) mass is 441 g/mol. The van der Waals surface area contributed by atoms with Crippen molar-refractivity contribution in [2.24, 2.45) is 7.05 Å². The molecule has 6 nitrogen and oxygen atoms in total. The van der Waals surface area contributed by atoms with Crippen molar-refractivity contribution in [3.8, 4) is 11.1 Å². The van der Waals surface area contributed by atoms with Gasteiger partial charge in [0, 0.05) is 53.5 Å². The second kappa shape index (κ2) is 9.22. The average molecular weight is 442 g/mol. The van der Waals surface area contributed by atoms with E-state index in [9.17, 15) is 9.18 Å². The molecule has 8 heteroatoms. The first-order chi connectivity index (χ1) is 14.9. The standard InChI is InChI=1S/C21H19ClFN5O.C2H6/c1-3-28-11-16-20(26-28)15(10-27(2)21(16)29)14-9-13(24)5-7-18(14)25-19-6-4-12(22)8-17(19)23;1-2/h4-11,25H,3,24H2,1-2H3;1-2H3. The molecule has 0 aliphatic rings. The highest BCUT2D eigenvalue weighted by Gasteiger charge is 2.17. The molecule has 0 aliphatic carbocycles. The Morgan fingerprint density at radius 2 is 1.81 bits per heavy atom. The topological polar surface area (TPSA) is 77.9 Å². The van der Waals surface area contributed by atoms with Crippen LogP contribution in [0.2, 0.25) is 5.02 Å². The van der Waals surface area contributed by atoms with Crippen molar-refractivity contribution in [1.82, 2.24) is 14.3 Å². The summed E-state index contributed by atoms with van der Waals surface area (Å²) in [7, 11) is 1.69. The minimum atomic E-state index is -0.471. The Morgan fingerprint density at radius 3 is 2.48 bits per heavy atom. The van der Waals surface area contributed by atoms with Crippen molar-refractivity contribution in [1.29, 1.82) is 0 Å². The van der Waals surface area contributed by atoms with Crippen LogP contribution in [0.25, 0.3) is 22.0 Å². The molecule has 162 valence electrons. The van der Waals surface area contributed by atoms with Gasteiger partial charge < -0.3 is 15.6 Å². The van der Waals surface area contributed by atoms with Gasteiger partial charge in [0.05, 0.1) is 11.1 Å². The van der Waals surface area contributed by atoms with Crippen LogP contribution in [0.15, 0.2) is 53.6 Å². The van der Waals surface area contributed by atoms with Gasteiger partial charge in [0.1, 0.15) is 11.3 Å². The van der Waals surface area contributed by atoms with E-state index in [1.807, 2.05) is 20.8 Å². The molecule has 2 heterocycles. The Hall–Kier alpha value is -3.32. The quantitative estimate of drug-likeness (QED) is 0.406. The summed E-state index contributed by atoms with van der Waals surface area (Å²) < 4.78 is 17.6. The summed E-state index contributed by atoms with van der Waals surface area (Å²) in [5.41, 5.74) is 9.35. The van der Waals surface area contributed by atoms with Gasteiger partial charge in [-0.15, -0.1) is 0 Å². The zero-order valence-electron chi connectivity index (χ0n) is 17.9. The maximum absolute atomic E-state index is 14.3. The van der Waals surface area contributed by atoms with Crippen molar-refractivity contribution in [2.75, 3.05) is 11.1 Å². The van der Waals surface area contributed by atoms with E-state index in [4.69, 9.17) is 17.3 Å². The number of nitrogens with one attached hydrogen (secondary N) is 1. The molecular formula is C23H25ClFN5O. The van der Waals surface area contributed by atoms with Gasteiger partial charge in [-0.3, -0.25) is 9.48 Å². The van der Waals surface area contributed by atoms with Crippen molar-refractivity contribution in [3.63, 3.8) is 0 Å². The molecule has 0 bridgehead atoms. The van der Waals surface area contributed by atoms with E-state index in [0.29, 0.717) is 39.4 Å². The summed E-state index contributed by atoms with van der Waals surface area (Å²) in [5, 5.41) is 8.49. The van der Waals surface area contributed by atoms with Crippen LogP contribution in [-0.2, 0) is 13.6 Å². The first-order valence-corrected chi connectivity index (χ1v) is 10.4. The second-order valence-electron chi connectivity index (χ2n) is 6.76. The van der Waals surface area contributed by atoms with Crippen molar-refractivity contribution in [2.45, 2.75) is 27.3 Å². The van der Waals surface area contributed by atoms with Crippen molar-refractivity contribution in [3.05, 3.63) is 70.0 Å². The highest BCUT2D eigenvalue weighted by molar-refractivity contribution is 6.30. The number of anilines is 3. The molecule has 0 unspecified atom stereocenters. The summed E-state index contributed by atoms with van der Waals surface area (Å²) in [6, 6.07) is 9.70. The van der Waals surface area contributed by atoms with Gasteiger partial charge in [-0.05, 0) is 43.3 Å². The van der Waals surface area contributed by atoms with Gasteiger partial charge in [-0.1, -0.05) is 25.4 Å². The molecule has 0 saturated heterocycles. The van der Waals surface area contributed by atoms with Gasteiger partial charge in [0.15, 0.2) is 0 Å². The number of benzene rings is 2. The first kappa shape index (κ1) is 22.4. The predicted octanol–water partition coefficient (Wildman–Crippen LogP) is 5.57. The highest BCUT2D eigenvalue weighted by atomic mass is 35.5. The van der Waals surface area contributed by atoms with Gasteiger partial charge in [-0.2, -0.15) is 5.10 Å². The molecule has 0 radical (unpaired) electrons. The van der Waals surface area contributed by atoms with Crippen LogP contribution in [0.5, 0.6) is 0 Å². The minimum Gasteiger partial charge on any atom is -0.399 e. The van der Waals surface area contributed by atoms with E-state index >= 15 is 0 Å². The number of nitrogens with zero attached hydrogens (tertiary/aromatic N) is 3. The lowest BCUT2D eigenvalue weighted by Crippen LogP contribution is -2.16. The van der Waals surface area contributed by atoms with Gasteiger partial charge in [0.25, 0.3) is 5.56 Å². The van der Waals surface area contributed by atoms with E-state index in [2.05, 4.69) is 10.4 Å². The summed E-state index contributed by atoms with van der Waals surface area (Å²) >= 11 is 5.85. The van der Waals surface area contributed by atoms with Crippen molar-refractivity contribution >= 4 is 39.6 Å².